The van der Waals surface area contributed by atoms with Crippen LogP contribution in [0, 0.1) is 6.92 Å². The molecule has 29 heavy (non-hydrogen) atoms. The Morgan fingerprint density at radius 2 is 1.72 bits per heavy atom. The highest BCUT2D eigenvalue weighted by Crippen LogP contribution is 2.21. The predicted octanol–water partition coefficient (Wildman–Crippen LogP) is 5.07. The first-order chi connectivity index (χ1) is 14.2. The molecule has 5 heteroatoms. The maximum Gasteiger partial charge on any atom is 0.279 e. The number of hydrogen-bond acceptors (Lipinski definition) is 3. The standard InChI is InChI=1S/C24H22N2O2S/c1-17-8-13-21-22(16-17)29-24(26(21)14-15-28-2)25-23(27)20-11-9-19(10-12-20)18-6-4-3-5-7-18/h3-13,16H,14-15H2,1-2H3. The summed E-state index contributed by atoms with van der Waals surface area (Å²) in [4.78, 5) is 18.0. The molecule has 0 bridgehead atoms. The number of fused-ring (bicyclic) bond motifs is 1. The minimum absolute atomic E-state index is 0.237. The monoisotopic (exact) mass is 402 g/mol. The van der Waals surface area contributed by atoms with Gasteiger partial charge >= 0.3 is 0 Å². The second-order valence-electron chi connectivity index (χ2n) is 6.86. The molecular weight excluding hydrogens is 380 g/mol. The zero-order chi connectivity index (χ0) is 20.2. The van der Waals surface area contributed by atoms with E-state index < -0.39 is 0 Å². The average Bonchev–Trinajstić information content (AvgIpc) is 3.08. The van der Waals surface area contributed by atoms with E-state index in [0.29, 0.717) is 23.5 Å². The third-order valence-electron chi connectivity index (χ3n) is 4.79. The Labute approximate surface area is 173 Å². The second-order valence-corrected chi connectivity index (χ2v) is 7.87. The van der Waals surface area contributed by atoms with Crippen molar-refractivity contribution >= 4 is 27.5 Å². The van der Waals surface area contributed by atoms with Crippen molar-refractivity contribution in [3.63, 3.8) is 0 Å². The first-order valence-electron chi connectivity index (χ1n) is 9.49. The van der Waals surface area contributed by atoms with Crippen LogP contribution in [0.25, 0.3) is 21.3 Å². The van der Waals surface area contributed by atoms with Crippen LogP contribution in [0.3, 0.4) is 0 Å². The highest BCUT2D eigenvalue weighted by molar-refractivity contribution is 7.16. The molecule has 1 amide bonds. The zero-order valence-electron chi connectivity index (χ0n) is 16.5. The Bertz CT molecular complexity index is 1210. The number of aryl methyl sites for hydroxylation is 1. The van der Waals surface area contributed by atoms with Crippen LogP contribution in [0.2, 0.25) is 0 Å². The number of amides is 1. The van der Waals surface area contributed by atoms with Crippen LogP contribution in [0.1, 0.15) is 15.9 Å². The van der Waals surface area contributed by atoms with Gasteiger partial charge in [0.2, 0.25) is 0 Å². The highest BCUT2D eigenvalue weighted by Gasteiger charge is 2.10. The van der Waals surface area contributed by atoms with Gasteiger partial charge in [-0.15, -0.1) is 0 Å². The van der Waals surface area contributed by atoms with Gasteiger partial charge < -0.3 is 9.30 Å². The smallest absolute Gasteiger partial charge is 0.279 e. The summed E-state index contributed by atoms with van der Waals surface area (Å²) in [5, 5.41) is 0. The van der Waals surface area contributed by atoms with Gasteiger partial charge in [-0.25, -0.2) is 0 Å². The largest absolute Gasteiger partial charge is 0.383 e. The van der Waals surface area contributed by atoms with Crippen molar-refractivity contribution in [2.24, 2.45) is 4.99 Å². The fourth-order valence-electron chi connectivity index (χ4n) is 3.25. The first kappa shape index (κ1) is 19.3. The SMILES string of the molecule is COCCn1c(=NC(=O)c2ccc(-c3ccccc3)cc2)sc2cc(C)ccc21. The molecular formula is C24H22N2O2S. The maximum atomic E-state index is 12.8. The molecule has 0 aliphatic rings. The van der Waals surface area contributed by atoms with E-state index in [9.17, 15) is 4.79 Å². The highest BCUT2D eigenvalue weighted by atomic mass is 32.1. The molecule has 1 aromatic heterocycles. The number of ether oxygens (including phenoxy) is 1. The summed E-state index contributed by atoms with van der Waals surface area (Å²) in [6, 6.07) is 24.0. The number of nitrogens with zero attached hydrogens (tertiary/aromatic N) is 2. The van der Waals surface area contributed by atoms with Crippen LogP contribution >= 0.6 is 11.3 Å². The van der Waals surface area contributed by atoms with Crippen LogP contribution in [0.4, 0.5) is 0 Å². The summed E-state index contributed by atoms with van der Waals surface area (Å²) in [6.45, 7) is 3.28. The van der Waals surface area contributed by atoms with E-state index in [0.717, 1.165) is 21.3 Å². The minimum atomic E-state index is -0.237. The van der Waals surface area contributed by atoms with Crippen LogP contribution in [0.5, 0.6) is 0 Å². The topological polar surface area (TPSA) is 43.6 Å². The van der Waals surface area contributed by atoms with E-state index in [1.807, 2.05) is 42.5 Å². The van der Waals surface area contributed by atoms with Crippen LogP contribution in [-0.4, -0.2) is 24.2 Å². The third-order valence-corrected chi connectivity index (χ3v) is 5.83. The Morgan fingerprint density at radius 3 is 2.45 bits per heavy atom. The zero-order valence-corrected chi connectivity index (χ0v) is 17.3. The molecule has 146 valence electrons. The maximum absolute atomic E-state index is 12.8. The molecule has 3 aromatic carbocycles. The van der Waals surface area contributed by atoms with Crippen molar-refractivity contribution in [3.05, 3.63) is 88.7 Å². The summed E-state index contributed by atoms with van der Waals surface area (Å²) in [7, 11) is 1.68. The molecule has 4 rings (SSSR count). The molecule has 0 radical (unpaired) electrons. The number of thiazole rings is 1. The van der Waals surface area contributed by atoms with E-state index in [1.54, 1.807) is 7.11 Å². The molecule has 1 heterocycles. The second kappa shape index (κ2) is 8.55. The molecule has 0 fully saturated rings. The Kier molecular flexibility index (Phi) is 5.69. The quantitative estimate of drug-likeness (QED) is 0.468. The van der Waals surface area contributed by atoms with Gasteiger partial charge in [0.25, 0.3) is 5.91 Å². The van der Waals surface area contributed by atoms with Crippen molar-refractivity contribution in [3.8, 4) is 11.1 Å². The van der Waals surface area contributed by atoms with Gasteiger partial charge in [-0.2, -0.15) is 4.99 Å². The third kappa shape index (κ3) is 4.21. The Balaban J connectivity index is 1.70. The van der Waals surface area contributed by atoms with E-state index in [2.05, 4.69) is 46.8 Å². The summed E-state index contributed by atoms with van der Waals surface area (Å²) in [5.41, 5.74) is 5.04. The minimum Gasteiger partial charge on any atom is -0.383 e. The fourth-order valence-corrected chi connectivity index (χ4v) is 4.40. The van der Waals surface area contributed by atoms with Crippen molar-refractivity contribution in [2.75, 3.05) is 13.7 Å². The van der Waals surface area contributed by atoms with Gasteiger partial charge in [-0.05, 0) is 47.9 Å². The normalized spacial score (nSPS) is 11.9. The summed E-state index contributed by atoms with van der Waals surface area (Å²) >= 11 is 1.53. The molecule has 0 N–H and O–H groups in total. The molecule has 0 spiro atoms. The molecule has 0 aliphatic carbocycles. The van der Waals surface area contributed by atoms with Gasteiger partial charge in [-0.1, -0.05) is 59.9 Å². The first-order valence-corrected chi connectivity index (χ1v) is 10.3. The van der Waals surface area contributed by atoms with E-state index in [1.165, 1.54) is 16.9 Å². The van der Waals surface area contributed by atoms with Gasteiger partial charge in [0, 0.05) is 19.2 Å². The van der Waals surface area contributed by atoms with E-state index >= 15 is 0 Å². The lowest BCUT2D eigenvalue weighted by atomic mass is 10.0. The van der Waals surface area contributed by atoms with Crippen molar-refractivity contribution in [1.82, 2.24) is 4.57 Å². The van der Waals surface area contributed by atoms with E-state index in [-0.39, 0.29) is 5.91 Å². The predicted molar refractivity (Wildman–Crippen MR) is 118 cm³/mol. The lowest BCUT2D eigenvalue weighted by molar-refractivity contribution is 0.0997. The van der Waals surface area contributed by atoms with E-state index in [4.69, 9.17) is 4.74 Å². The van der Waals surface area contributed by atoms with Crippen molar-refractivity contribution < 1.29 is 9.53 Å². The molecule has 0 saturated heterocycles. The number of aromatic nitrogens is 1. The number of carbonyl (C=O) groups is 1. The van der Waals surface area contributed by atoms with Crippen LogP contribution < -0.4 is 4.80 Å². The fraction of sp³-hybridized carbons (Fsp3) is 0.167. The average molecular weight is 403 g/mol. The number of rotatable bonds is 5. The van der Waals surface area contributed by atoms with Crippen molar-refractivity contribution in [2.45, 2.75) is 13.5 Å². The summed E-state index contributed by atoms with van der Waals surface area (Å²) in [6.07, 6.45) is 0. The van der Waals surface area contributed by atoms with Crippen molar-refractivity contribution in [1.29, 1.82) is 0 Å². The number of carbonyl (C=O) groups excluding carboxylic acids is 1. The molecule has 0 atom stereocenters. The molecule has 4 nitrogen and oxygen atoms in total. The lowest BCUT2D eigenvalue weighted by Gasteiger charge is -2.05. The van der Waals surface area contributed by atoms with Gasteiger partial charge in [0.15, 0.2) is 4.80 Å². The Morgan fingerprint density at radius 1 is 1.00 bits per heavy atom. The molecule has 0 saturated carbocycles. The Hall–Kier alpha value is -3.02. The lowest BCUT2D eigenvalue weighted by Crippen LogP contribution is -2.19. The number of methoxy groups -OCH3 is 1. The van der Waals surface area contributed by atoms with Gasteiger partial charge in [0.1, 0.15) is 0 Å². The molecule has 4 aromatic rings. The molecule has 0 aliphatic heterocycles. The van der Waals surface area contributed by atoms with Gasteiger partial charge in [0.05, 0.1) is 16.8 Å². The number of benzene rings is 3. The summed E-state index contributed by atoms with van der Waals surface area (Å²) in [5.74, 6) is -0.237. The van der Waals surface area contributed by atoms with Gasteiger partial charge in [-0.3, -0.25) is 4.79 Å². The molecule has 0 unspecified atom stereocenters. The van der Waals surface area contributed by atoms with Crippen LogP contribution in [0.15, 0.2) is 77.8 Å². The number of hydrogen-bond donors (Lipinski definition) is 0. The van der Waals surface area contributed by atoms with Crippen LogP contribution in [-0.2, 0) is 11.3 Å². The summed E-state index contributed by atoms with van der Waals surface area (Å²) < 4.78 is 8.42.